The zero-order valence-corrected chi connectivity index (χ0v) is 12.5. The molecule has 122 valence electrons. The van der Waals surface area contributed by atoms with E-state index in [0.29, 0.717) is 12.0 Å². The standard InChI is InChI=1S/C13H20N4O5/c1-3-21-13(20)15-5-9-8(14)4-10(22-9)17-6-7(2)11(18)16-12(17)19/h6,8-10H,3-5,14H2,1-2H3,(H,15,20)(H,16,18,19)/t8-,9+,10+/m0/s1. The maximum Gasteiger partial charge on any atom is 0.407 e. The summed E-state index contributed by atoms with van der Waals surface area (Å²) in [4.78, 5) is 36.7. The molecule has 3 atom stereocenters. The van der Waals surface area contributed by atoms with E-state index in [4.69, 9.17) is 15.2 Å². The van der Waals surface area contributed by atoms with Crippen molar-refractivity contribution >= 4 is 6.09 Å². The third-order valence-electron chi connectivity index (χ3n) is 3.46. The van der Waals surface area contributed by atoms with Gasteiger partial charge in [0.05, 0.1) is 12.7 Å². The van der Waals surface area contributed by atoms with Gasteiger partial charge in [0.2, 0.25) is 0 Å². The van der Waals surface area contributed by atoms with Gasteiger partial charge < -0.3 is 20.5 Å². The predicted molar refractivity (Wildman–Crippen MR) is 77.6 cm³/mol. The fourth-order valence-electron chi connectivity index (χ4n) is 2.29. The Morgan fingerprint density at radius 1 is 1.59 bits per heavy atom. The molecule has 0 aromatic carbocycles. The number of alkyl carbamates (subject to hydrolysis) is 1. The van der Waals surface area contributed by atoms with Crippen molar-refractivity contribution in [3.05, 3.63) is 32.6 Å². The van der Waals surface area contributed by atoms with Crippen molar-refractivity contribution in [2.24, 2.45) is 5.73 Å². The van der Waals surface area contributed by atoms with Gasteiger partial charge in [0.1, 0.15) is 6.23 Å². The Morgan fingerprint density at radius 2 is 2.32 bits per heavy atom. The Labute approximate surface area is 126 Å². The number of aromatic nitrogens is 2. The number of carbonyl (C=O) groups excluding carboxylic acids is 1. The van der Waals surface area contributed by atoms with Crippen molar-refractivity contribution in [2.45, 2.75) is 38.6 Å². The van der Waals surface area contributed by atoms with Crippen LogP contribution >= 0.6 is 0 Å². The first-order chi connectivity index (χ1) is 10.4. The average Bonchev–Trinajstić information content (AvgIpc) is 2.82. The Balaban J connectivity index is 2.04. The smallest absolute Gasteiger partial charge is 0.407 e. The van der Waals surface area contributed by atoms with Crippen LogP contribution in [0.25, 0.3) is 0 Å². The zero-order chi connectivity index (χ0) is 16.3. The summed E-state index contributed by atoms with van der Waals surface area (Å²) in [5.41, 5.74) is 5.41. The summed E-state index contributed by atoms with van der Waals surface area (Å²) >= 11 is 0. The fraction of sp³-hybridized carbons (Fsp3) is 0.615. The molecule has 2 rings (SSSR count). The minimum Gasteiger partial charge on any atom is -0.450 e. The van der Waals surface area contributed by atoms with Gasteiger partial charge in [-0.1, -0.05) is 0 Å². The van der Waals surface area contributed by atoms with Crippen molar-refractivity contribution in [1.82, 2.24) is 14.9 Å². The van der Waals surface area contributed by atoms with E-state index in [2.05, 4.69) is 10.3 Å². The molecule has 9 nitrogen and oxygen atoms in total. The number of nitrogens with zero attached hydrogens (tertiary/aromatic N) is 1. The lowest BCUT2D eigenvalue weighted by atomic mass is 10.1. The van der Waals surface area contributed by atoms with Gasteiger partial charge >= 0.3 is 11.8 Å². The normalized spacial score (nSPS) is 24.2. The zero-order valence-electron chi connectivity index (χ0n) is 12.5. The predicted octanol–water partition coefficient (Wildman–Crippen LogP) is -0.794. The molecule has 1 aliphatic heterocycles. The number of hydrogen-bond donors (Lipinski definition) is 3. The van der Waals surface area contributed by atoms with Gasteiger partial charge in [-0.05, 0) is 13.8 Å². The second kappa shape index (κ2) is 6.75. The van der Waals surface area contributed by atoms with Crippen molar-refractivity contribution in [3.63, 3.8) is 0 Å². The molecule has 4 N–H and O–H groups in total. The first-order valence-corrected chi connectivity index (χ1v) is 7.06. The molecule has 0 radical (unpaired) electrons. The van der Waals surface area contributed by atoms with Crippen LogP contribution in [0.1, 0.15) is 25.1 Å². The van der Waals surface area contributed by atoms with Crippen LogP contribution in [0.5, 0.6) is 0 Å². The summed E-state index contributed by atoms with van der Waals surface area (Å²) in [6, 6.07) is -0.342. The lowest BCUT2D eigenvalue weighted by molar-refractivity contribution is -0.00219. The minimum atomic E-state index is -0.577. The van der Waals surface area contributed by atoms with E-state index < -0.39 is 29.7 Å². The number of aromatic amines is 1. The van der Waals surface area contributed by atoms with Crippen molar-refractivity contribution in [3.8, 4) is 0 Å². The molecule has 1 aliphatic rings. The van der Waals surface area contributed by atoms with E-state index in [1.54, 1.807) is 13.8 Å². The fourth-order valence-corrected chi connectivity index (χ4v) is 2.29. The third-order valence-corrected chi connectivity index (χ3v) is 3.46. The Morgan fingerprint density at radius 3 is 3.00 bits per heavy atom. The molecule has 1 saturated heterocycles. The second-order valence-electron chi connectivity index (χ2n) is 5.11. The summed E-state index contributed by atoms with van der Waals surface area (Å²) in [6.45, 7) is 3.77. The first kappa shape index (κ1) is 16.2. The van der Waals surface area contributed by atoms with Crippen LogP contribution in [0, 0.1) is 6.92 Å². The first-order valence-electron chi connectivity index (χ1n) is 7.06. The summed E-state index contributed by atoms with van der Waals surface area (Å²) in [6.07, 6.45) is 0.291. The third kappa shape index (κ3) is 3.55. The van der Waals surface area contributed by atoms with Crippen molar-refractivity contribution in [1.29, 1.82) is 0 Å². The molecule has 0 saturated carbocycles. The van der Waals surface area contributed by atoms with E-state index in [0.717, 1.165) is 0 Å². The molecular weight excluding hydrogens is 292 g/mol. The maximum atomic E-state index is 11.8. The maximum absolute atomic E-state index is 11.8. The number of amides is 1. The summed E-state index contributed by atoms with van der Waals surface area (Å²) in [5.74, 6) is 0. The molecule has 0 aliphatic carbocycles. The van der Waals surface area contributed by atoms with Gasteiger partial charge in [-0.25, -0.2) is 9.59 Å². The molecule has 2 heterocycles. The molecule has 1 aromatic heterocycles. The highest BCUT2D eigenvalue weighted by molar-refractivity contribution is 5.67. The van der Waals surface area contributed by atoms with Gasteiger partial charge in [-0.3, -0.25) is 14.3 Å². The SMILES string of the molecule is CCOC(=O)NC[C@H]1O[C@@H](n2cc(C)c(=O)[nH]c2=O)C[C@@H]1N. The van der Waals surface area contributed by atoms with Crippen LogP contribution in [-0.2, 0) is 9.47 Å². The second-order valence-corrected chi connectivity index (χ2v) is 5.11. The average molecular weight is 312 g/mol. The Bertz CT molecular complexity index is 653. The van der Waals surface area contributed by atoms with Crippen LogP contribution in [0.4, 0.5) is 4.79 Å². The van der Waals surface area contributed by atoms with E-state index in [1.165, 1.54) is 10.8 Å². The van der Waals surface area contributed by atoms with Gasteiger partial charge in [0, 0.05) is 30.8 Å². The monoisotopic (exact) mass is 312 g/mol. The number of nitrogens with one attached hydrogen (secondary N) is 2. The summed E-state index contributed by atoms with van der Waals surface area (Å²) in [7, 11) is 0. The van der Waals surface area contributed by atoms with Crippen LogP contribution in [-0.4, -0.2) is 40.9 Å². The summed E-state index contributed by atoms with van der Waals surface area (Å²) < 4.78 is 11.8. The molecular formula is C13H20N4O5. The number of carbonyl (C=O) groups is 1. The Hall–Kier alpha value is -2.13. The number of nitrogens with two attached hydrogens (primary N) is 1. The van der Waals surface area contributed by atoms with E-state index >= 15 is 0 Å². The number of hydrogen-bond acceptors (Lipinski definition) is 6. The molecule has 0 bridgehead atoms. The number of rotatable bonds is 4. The number of H-pyrrole nitrogens is 1. The van der Waals surface area contributed by atoms with Gasteiger partial charge in [0.25, 0.3) is 5.56 Å². The van der Waals surface area contributed by atoms with E-state index in [-0.39, 0.29) is 19.2 Å². The quantitative estimate of drug-likeness (QED) is 0.668. The largest absolute Gasteiger partial charge is 0.450 e. The van der Waals surface area contributed by atoms with Gasteiger partial charge in [-0.2, -0.15) is 0 Å². The number of ether oxygens (including phenoxy) is 2. The molecule has 0 spiro atoms. The summed E-state index contributed by atoms with van der Waals surface area (Å²) in [5, 5.41) is 2.55. The molecule has 22 heavy (non-hydrogen) atoms. The number of aryl methyl sites for hydroxylation is 1. The lowest BCUT2D eigenvalue weighted by Crippen LogP contribution is -2.41. The van der Waals surface area contributed by atoms with E-state index in [1.807, 2.05) is 0 Å². The van der Waals surface area contributed by atoms with Crippen molar-refractivity contribution < 1.29 is 14.3 Å². The highest BCUT2D eigenvalue weighted by Gasteiger charge is 2.34. The highest BCUT2D eigenvalue weighted by atomic mass is 16.5. The van der Waals surface area contributed by atoms with Crippen LogP contribution in [0.3, 0.4) is 0 Å². The molecule has 9 heteroatoms. The van der Waals surface area contributed by atoms with Gasteiger partial charge in [0.15, 0.2) is 0 Å². The van der Waals surface area contributed by atoms with Crippen LogP contribution < -0.4 is 22.3 Å². The lowest BCUT2D eigenvalue weighted by Gasteiger charge is -2.17. The van der Waals surface area contributed by atoms with Gasteiger partial charge in [-0.15, -0.1) is 0 Å². The topological polar surface area (TPSA) is 128 Å². The van der Waals surface area contributed by atoms with E-state index in [9.17, 15) is 14.4 Å². The molecule has 1 fully saturated rings. The van der Waals surface area contributed by atoms with Crippen LogP contribution in [0.2, 0.25) is 0 Å². The molecule has 1 amide bonds. The Kier molecular flexibility index (Phi) is 4.99. The van der Waals surface area contributed by atoms with Crippen molar-refractivity contribution in [2.75, 3.05) is 13.2 Å². The molecule has 0 unspecified atom stereocenters. The highest BCUT2D eigenvalue weighted by Crippen LogP contribution is 2.25. The minimum absolute atomic E-state index is 0.188. The molecule has 1 aromatic rings. The van der Waals surface area contributed by atoms with Crippen LogP contribution in [0.15, 0.2) is 15.8 Å².